The average molecular weight is 341 g/mol. The molecule has 1 atom stereocenters. The topological polar surface area (TPSA) is 66.4 Å². The second-order valence-corrected chi connectivity index (χ2v) is 7.20. The Kier molecular flexibility index (Phi) is 4.81. The Morgan fingerprint density at radius 3 is 2.75 bits per heavy atom. The van der Waals surface area contributed by atoms with Crippen molar-refractivity contribution >= 4 is 34.3 Å². The highest BCUT2D eigenvalue weighted by molar-refractivity contribution is 7.17. The summed E-state index contributed by atoms with van der Waals surface area (Å²) < 4.78 is 0. The smallest absolute Gasteiger partial charge is 0.339 e. The van der Waals surface area contributed by atoms with E-state index in [2.05, 4.69) is 12.2 Å². The highest BCUT2D eigenvalue weighted by atomic mass is 32.1. The molecule has 1 heterocycles. The third-order valence-electron chi connectivity index (χ3n) is 4.19. The minimum absolute atomic E-state index is 0.267. The highest BCUT2D eigenvalue weighted by Crippen LogP contribution is 2.39. The fourth-order valence-electron chi connectivity index (χ4n) is 2.95. The predicted molar refractivity (Wildman–Crippen MR) is 96.6 cm³/mol. The van der Waals surface area contributed by atoms with Gasteiger partial charge in [0.25, 0.3) is 0 Å². The van der Waals surface area contributed by atoms with Gasteiger partial charge in [0.1, 0.15) is 5.00 Å². The van der Waals surface area contributed by atoms with Crippen molar-refractivity contribution in [2.45, 2.75) is 26.2 Å². The summed E-state index contributed by atoms with van der Waals surface area (Å²) in [7, 11) is 0. The maximum atomic E-state index is 12.2. The minimum Gasteiger partial charge on any atom is -0.478 e. The first-order chi connectivity index (χ1) is 11.5. The van der Waals surface area contributed by atoms with Crippen LogP contribution in [0.15, 0.2) is 36.4 Å². The number of carbonyl (C=O) groups is 2. The summed E-state index contributed by atoms with van der Waals surface area (Å²) in [6, 6.07) is 9.51. The first-order valence-electron chi connectivity index (χ1n) is 7.96. The van der Waals surface area contributed by atoms with E-state index in [9.17, 15) is 14.7 Å². The molecule has 0 saturated heterocycles. The molecule has 3 rings (SSSR count). The lowest BCUT2D eigenvalue weighted by atomic mass is 9.88. The average Bonchev–Trinajstić information content (AvgIpc) is 2.90. The molecule has 0 radical (unpaired) electrons. The van der Waals surface area contributed by atoms with Gasteiger partial charge < -0.3 is 10.4 Å². The van der Waals surface area contributed by atoms with Gasteiger partial charge in [-0.2, -0.15) is 0 Å². The van der Waals surface area contributed by atoms with Gasteiger partial charge in [0.15, 0.2) is 0 Å². The van der Waals surface area contributed by atoms with Crippen molar-refractivity contribution in [1.29, 1.82) is 0 Å². The number of fused-ring (bicyclic) bond motifs is 1. The van der Waals surface area contributed by atoms with Gasteiger partial charge in [0.05, 0.1) is 5.56 Å². The molecule has 1 amide bonds. The Balaban J connectivity index is 1.81. The van der Waals surface area contributed by atoms with Gasteiger partial charge in [0.2, 0.25) is 5.91 Å². The van der Waals surface area contributed by atoms with E-state index < -0.39 is 5.97 Å². The Morgan fingerprint density at radius 1 is 1.29 bits per heavy atom. The van der Waals surface area contributed by atoms with Crippen LogP contribution in [0.2, 0.25) is 0 Å². The van der Waals surface area contributed by atoms with Crippen molar-refractivity contribution in [3.63, 3.8) is 0 Å². The van der Waals surface area contributed by atoms with Gasteiger partial charge >= 0.3 is 5.97 Å². The number of anilines is 1. The fraction of sp³-hybridized carbons (Fsp3) is 0.263. The Morgan fingerprint density at radius 2 is 2.04 bits per heavy atom. The molecule has 24 heavy (non-hydrogen) atoms. The molecule has 1 aromatic heterocycles. The first kappa shape index (κ1) is 16.5. The summed E-state index contributed by atoms with van der Waals surface area (Å²) in [5, 5.41) is 12.7. The van der Waals surface area contributed by atoms with Crippen LogP contribution in [0.25, 0.3) is 6.08 Å². The van der Waals surface area contributed by atoms with E-state index in [1.54, 1.807) is 6.08 Å². The number of carboxylic acids is 1. The summed E-state index contributed by atoms with van der Waals surface area (Å²) in [4.78, 5) is 24.9. The molecule has 2 aromatic rings. The van der Waals surface area contributed by atoms with Crippen LogP contribution in [0.1, 0.15) is 39.7 Å². The Labute approximate surface area is 144 Å². The van der Waals surface area contributed by atoms with Crippen molar-refractivity contribution in [2.75, 3.05) is 5.32 Å². The van der Waals surface area contributed by atoms with E-state index in [0.29, 0.717) is 10.9 Å². The SMILES string of the molecule is CC1CCc2c(sc(NC(=O)/C=C/c3ccccc3)c2C(=O)O)C1. The number of thiophene rings is 1. The van der Waals surface area contributed by atoms with E-state index in [0.717, 1.165) is 35.3 Å². The molecule has 2 N–H and O–H groups in total. The fourth-order valence-corrected chi connectivity index (χ4v) is 4.36. The number of benzene rings is 1. The zero-order valence-electron chi connectivity index (χ0n) is 13.4. The van der Waals surface area contributed by atoms with Gasteiger partial charge in [-0.3, -0.25) is 4.79 Å². The lowest BCUT2D eigenvalue weighted by Gasteiger charge is -2.17. The van der Waals surface area contributed by atoms with Crippen LogP contribution in [0.5, 0.6) is 0 Å². The van der Waals surface area contributed by atoms with Gasteiger partial charge in [-0.15, -0.1) is 11.3 Å². The highest BCUT2D eigenvalue weighted by Gasteiger charge is 2.27. The maximum Gasteiger partial charge on any atom is 0.339 e. The van der Waals surface area contributed by atoms with Crippen molar-refractivity contribution in [1.82, 2.24) is 0 Å². The van der Waals surface area contributed by atoms with Crippen molar-refractivity contribution < 1.29 is 14.7 Å². The molecule has 0 fully saturated rings. The largest absolute Gasteiger partial charge is 0.478 e. The van der Waals surface area contributed by atoms with Gasteiger partial charge in [-0.05, 0) is 42.4 Å². The molecule has 0 spiro atoms. The third-order valence-corrected chi connectivity index (χ3v) is 5.36. The first-order valence-corrected chi connectivity index (χ1v) is 8.78. The van der Waals surface area contributed by atoms with Crippen molar-refractivity contribution in [3.05, 3.63) is 58.0 Å². The van der Waals surface area contributed by atoms with Crippen molar-refractivity contribution in [3.8, 4) is 0 Å². The standard InChI is InChI=1S/C19H19NO3S/c1-12-7-9-14-15(11-12)24-18(17(14)19(22)23)20-16(21)10-8-13-5-3-2-4-6-13/h2-6,8,10,12H,7,9,11H2,1H3,(H,20,21)(H,22,23)/b10-8+. The predicted octanol–water partition coefficient (Wildman–Crippen LogP) is 4.22. The monoisotopic (exact) mass is 341 g/mol. The van der Waals surface area contributed by atoms with Crippen LogP contribution < -0.4 is 5.32 Å². The molecule has 1 aliphatic rings. The molecule has 1 aromatic carbocycles. The van der Waals surface area contributed by atoms with Crippen LogP contribution in [-0.4, -0.2) is 17.0 Å². The van der Waals surface area contributed by atoms with Crippen LogP contribution in [0.4, 0.5) is 5.00 Å². The number of carboxylic acid groups (broad SMARTS) is 1. The maximum absolute atomic E-state index is 12.2. The quantitative estimate of drug-likeness (QED) is 0.818. The zero-order valence-corrected chi connectivity index (χ0v) is 14.2. The van der Waals surface area contributed by atoms with Crippen LogP contribution in [0.3, 0.4) is 0 Å². The van der Waals surface area contributed by atoms with Gasteiger partial charge in [0, 0.05) is 11.0 Å². The molecule has 0 bridgehead atoms. The lowest BCUT2D eigenvalue weighted by Crippen LogP contribution is -2.13. The number of hydrogen-bond acceptors (Lipinski definition) is 3. The summed E-state index contributed by atoms with van der Waals surface area (Å²) in [5.41, 5.74) is 2.08. The second-order valence-electron chi connectivity index (χ2n) is 6.09. The summed E-state index contributed by atoms with van der Waals surface area (Å²) in [6.45, 7) is 2.17. The molecule has 1 unspecified atom stereocenters. The van der Waals surface area contributed by atoms with E-state index in [4.69, 9.17) is 0 Å². The number of nitrogens with one attached hydrogen (secondary N) is 1. The number of rotatable bonds is 4. The van der Waals surface area contributed by atoms with E-state index in [1.165, 1.54) is 17.4 Å². The summed E-state index contributed by atoms with van der Waals surface area (Å²) >= 11 is 1.40. The molecular weight excluding hydrogens is 322 g/mol. The van der Waals surface area contributed by atoms with E-state index in [-0.39, 0.29) is 11.5 Å². The molecular formula is C19H19NO3S. The molecule has 4 nitrogen and oxygen atoms in total. The number of aromatic carboxylic acids is 1. The number of carbonyl (C=O) groups excluding carboxylic acids is 1. The Bertz CT molecular complexity index is 792. The minimum atomic E-state index is -0.968. The van der Waals surface area contributed by atoms with Crippen LogP contribution >= 0.6 is 11.3 Å². The number of hydrogen-bond donors (Lipinski definition) is 2. The van der Waals surface area contributed by atoms with Gasteiger partial charge in [-0.1, -0.05) is 37.3 Å². The normalized spacial score (nSPS) is 16.8. The molecule has 5 heteroatoms. The van der Waals surface area contributed by atoms with E-state index >= 15 is 0 Å². The van der Waals surface area contributed by atoms with E-state index in [1.807, 2.05) is 30.3 Å². The number of amides is 1. The summed E-state index contributed by atoms with van der Waals surface area (Å²) in [5.74, 6) is -0.725. The molecule has 0 aliphatic heterocycles. The third kappa shape index (κ3) is 3.57. The molecule has 0 saturated carbocycles. The lowest BCUT2D eigenvalue weighted by molar-refractivity contribution is -0.111. The zero-order chi connectivity index (χ0) is 17.1. The Hall–Kier alpha value is -2.40. The molecule has 124 valence electrons. The van der Waals surface area contributed by atoms with Crippen LogP contribution in [0, 0.1) is 5.92 Å². The summed E-state index contributed by atoms with van der Waals surface area (Å²) in [6.07, 6.45) is 5.79. The van der Waals surface area contributed by atoms with Gasteiger partial charge in [-0.25, -0.2) is 4.79 Å². The second kappa shape index (κ2) is 7.01. The molecule has 1 aliphatic carbocycles. The van der Waals surface area contributed by atoms with Crippen molar-refractivity contribution in [2.24, 2.45) is 5.92 Å². The van der Waals surface area contributed by atoms with Crippen LogP contribution in [-0.2, 0) is 17.6 Å².